The standard InChI is InChI=1S/C16H25N5/c1-6-15-17-7-8-21(15)14-10-19-16(11(2)3)20-13(14)9-18-12(4)5/h7-8,10-12,18H,6,9H2,1-5H3. The lowest BCUT2D eigenvalue weighted by molar-refractivity contribution is 0.574. The molecule has 0 aromatic carbocycles. The molecular weight excluding hydrogens is 262 g/mol. The van der Waals surface area contributed by atoms with E-state index in [4.69, 9.17) is 4.98 Å². The molecule has 0 saturated carbocycles. The second kappa shape index (κ2) is 6.80. The van der Waals surface area contributed by atoms with E-state index in [0.717, 1.165) is 36.0 Å². The van der Waals surface area contributed by atoms with Crippen LogP contribution in [0.2, 0.25) is 0 Å². The fourth-order valence-electron chi connectivity index (χ4n) is 2.15. The van der Waals surface area contributed by atoms with E-state index in [1.54, 1.807) is 0 Å². The molecule has 0 aliphatic heterocycles. The second-order valence-electron chi connectivity index (χ2n) is 5.82. The molecule has 0 radical (unpaired) electrons. The third-order valence-electron chi connectivity index (χ3n) is 3.35. The lowest BCUT2D eigenvalue weighted by Crippen LogP contribution is -2.24. The molecule has 0 atom stereocenters. The Hall–Kier alpha value is -1.75. The van der Waals surface area contributed by atoms with Crippen LogP contribution in [0.1, 0.15) is 57.9 Å². The van der Waals surface area contributed by atoms with Gasteiger partial charge in [-0.05, 0) is 0 Å². The maximum Gasteiger partial charge on any atom is 0.131 e. The number of aromatic nitrogens is 4. The van der Waals surface area contributed by atoms with E-state index in [1.807, 2.05) is 18.6 Å². The topological polar surface area (TPSA) is 55.6 Å². The lowest BCUT2D eigenvalue weighted by Gasteiger charge is -2.15. The molecule has 0 amide bonds. The van der Waals surface area contributed by atoms with Gasteiger partial charge in [0.1, 0.15) is 11.6 Å². The van der Waals surface area contributed by atoms with Gasteiger partial charge in [-0.15, -0.1) is 0 Å². The van der Waals surface area contributed by atoms with Crippen LogP contribution in [0.3, 0.4) is 0 Å². The first-order chi connectivity index (χ1) is 10.0. The Morgan fingerprint density at radius 2 is 1.95 bits per heavy atom. The highest BCUT2D eigenvalue weighted by molar-refractivity contribution is 5.36. The quantitative estimate of drug-likeness (QED) is 0.887. The van der Waals surface area contributed by atoms with Crippen molar-refractivity contribution in [1.29, 1.82) is 0 Å². The molecule has 2 rings (SSSR count). The monoisotopic (exact) mass is 287 g/mol. The van der Waals surface area contributed by atoms with Crippen LogP contribution < -0.4 is 5.32 Å². The molecule has 2 heterocycles. The van der Waals surface area contributed by atoms with Crippen LogP contribution in [0, 0.1) is 0 Å². The summed E-state index contributed by atoms with van der Waals surface area (Å²) in [6, 6.07) is 0.420. The molecule has 0 saturated heterocycles. The van der Waals surface area contributed by atoms with Crippen LogP contribution in [0.15, 0.2) is 18.6 Å². The van der Waals surface area contributed by atoms with Crippen molar-refractivity contribution >= 4 is 0 Å². The third kappa shape index (κ3) is 3.67. The summed E-state index contributed by atoms with van der Waals surface area (Å²) in [5, 5.41) is 3.44. The lowest BCUT2D eigenvalue weighted by atomic mass is 10.2. The summed E-state index contributed by atoms with van der Waals surface area (Å²) < 4.78 is 2.08. The number of imidazole rings is 1. The van der Waals surface area contributed by atoms with Crippen molar-refractivity contribution in [2.75, 3.05) is 0 Å². The molecule has 0 spiro atoms. The average molecular weight is 287 g/mol. The first kappa shape index (κ1) is 15.6. The molecule has 0 bridgehead atoms. The Balaban J connectivity index is 2.43. The minimum atomic E-state index is 0.324. The van der Waals surface area contributed by atoms with Crippen molar-refractivity contribution in [1.82, 2.24) is 24.8 Å². The van der Waals surface area contributed by atoms with Crippen molar-refractivity contribution in [3.63, 3.8) is 0 Å². The first-order valence-electron chi connectivity index (χ1n) is 7.64. The zero-order valence-corrected chi connectivity index (χ0v) is 13.6. The van der Waals surface area contributed by atoms with Gasteiger partial charge in [-0.2, -0.15) is 0 Å². The zero-order valence-electron chi connectivity index (χ0n) is 13.6. The predicted octanol–water partition coefficient (Wildman–Crippen LogP) is 2.85. The van der Waals surface area contributed by atoms with Crippen molar-refractivity contribution in [3.05, 3.63) is 35.9 Å². The van der Waals surface area contributed by atoms with Crippen molar-refractivity contribution in [2.45, 2.75) is 59.5 Å². The van der Waals surface area contributed by atoms with E-state index in [1.165, 1.54) is 0 Å². The summed E-state index contributed by atoms with van der Waals surface area (Å²) in [6.45, 7) is 11.3. The van der Waals surface area contributed by atoms with Gasteiger partial charge in [-0.3, -0.25) is 0 Å². The highest BCUT2D eigenvalue weighted by Gasteiger charge is 2.13. The molecule has 0 aliphatic rings. The summed E-state index contributed by atoms with van der Waals surface area (Å²) in [5.41, 5.74) is 2.04. The minimum absolute atomic E-state index is 0.324. The van der Waals surface area contributed by atoms with Gasteiger partial charge in [0.05, 0.1) is 17.6 Å². The van der Waals surface area contributed by atoms with Gasteiger partial charge in [0.2, 0.25) is 0 Å². The summed E-state index contributed by atoms with van der Waals surface area (Å²) in [7, 11) is 0. The van der Waals surface area contributed by atoms with E-state index in [0.29, 0.717) is 12.0 Å². The van der Waals surface area contributed by atoms with E-state index < -0.39 is 0 Å². The Kier molecular flexibility index (Phi) is 5.07. The largest absolute Gasteiger partial charge is 0.309 e. The molecule has 2 aromatic rings. The number of hydrogen-bond acceptors (Lipinski definition) is 4. The highest BCUT2D eigenvalue weighted by Crippen LogP contribution is 2.17. The molecule has 5 nitrogen and oxygen atoms in total. The molecule has 21 heavy (non-hydrogen) atoms. The molecule has 5 heteroatoms. The molecule has 0 fully saturated rings. The van der Waals surface area contributed by atoms with Gasteiger partial charge in [0, 0.05) is 37.3 Å². The predicted molar refractivity (Wildman–Crippen MR) is 84.6 cm³/mol. The van der Waals surface area contributed by atoms with E-state index in [9.17, 15) is 0 Å². The molecular formula is C16H25N5. The van der Waals surface area contributed by atoms with Crippen LogP contribution in [-0.4, -0.2) is 25.6 Å². The van der Waals surface area contributed by atoms with Crippen LogP contribution in [0.4, 0.5) is 0 Å². The average Bonchev–Trinajstić information content (AvgIpc) is 2.92. The number of rotatable bonds is 6. The van der Waals surface area contributed by atoms with Crippen molar-refractivity contribution in [3.8, 4) is 5.69 Å². The summed E-state index contributed by atoms with van der Waals surface area (Å²) in [4.78, 5) is 13.7. The number of nitrogens with zero attached hydrogens (tertiary/aromatic N) is 4. The van der Waals surface area contributed by atoms with Crippen LogP contribution in [0.5, 0.6) is 0 Å². The van der Waals surface area contributed by atoms with Gasteiger partial charge >= 0.3 is 0 Å². The number of hydrogen-bond donors (Lipinski definition) is 1. The highest BCUT2D eigenvalue weighted by atomic mass is 15.1. The second-order valence-corrected chi connectivity index (χ2v) is 5.82. The summed E-state index contributed by atoms with van der Waals surface area (Å²) in [5.74, 6) is 2.24. The smallest absolute Gasteiger partial charge is 0.131 e. The van der Waals surface area contributed by atoms with E-state index in [-0.39, 0.29) is 0 Å². The molecule has 2 aromatic heterocycles. The first-order valence-corrected chi connectivity index (χ1v) is 7.64. The maximum absolute atomic E-state index is 4.75. The van der Waals surface area contributed by atoms with Gasteiger partial charge < -0.3 is 9.88 Å². The Bertz CT molecular complexity index is 586. The van der Waals surface area contributed by atoms with Crippen molar-refractivity contribution < 1.29 is 0 Å². The number of aryl methyl sites for hydroxylation is 1. The Labute approximate surface area is 126 Å². The van der Waals surface area contributed by atoms with Gasteiger partial charge in [-0.1, -0.05) is 34.6 Å². The molecule has 1 N–H and O–H groups in total. The zero-order chi connectivity index (χ0) is 15.4. The van der Waals surface area contributed by atoms with Gasteiger partial charge in [-0.25, -0.2) is 15.0 Å². The minimum Gasteiger partial charge on any atom is -0.309 e. The van der Waals surface area contributed by atoms with Crippen molar-refractivity contribution in [2.24, 2.45) is 0 Å². The fourth-order valence-corrected chi connectivity index (χ4v) is 2.15. The fraction of sp³-hybridized carbons (Fsp3) is 0.562. The number of nitrogens with one attached hydrogen (secondary N) is 1. The van der Waals surface area contributed by atoms with E-state index >= 15 is 0 Å². The van der Waals surface area contributed by atoms with Crippen LogP contribution in [0.25, 0.3) is 5.69 Å². The molecule has 114 valence electrons. The van der Waals surface area contributed by atoms with E-state index in [2.05, 4.69) is 54.5 Å². The Morgan fingerprint density at radius 3 is 2.57 bits per heavy atom. The SMILES string of the molecule is CCc1nccn1-c1cnc(C(C)C)nc1CNC(C)C. The van der Waals surface area contributed by atoms with Gasteiger partial charge in [0.15, 0.2) is 0 Å². The normalized spacial score (nSPS) is 11.6. The van der Waals surface area contributed by atoms with Gasteiger partial charge in [0.25, 0.3) is 0 Å². The molecule has 0 unspecified atom stereocenters. The summed E-state index contributed by atoms with van der Waals surface area (Å²) >= 11 is 0. The summed E-state index contributed by atoms with van der Waals surface area (Å²) in [6.07, 6.45) is 6.61. The van der Waals surface area contributed by atoms with Crippen LogP contribution >= 0.6 is 0 Å². The molecule has 0 aliphatic carbocycles. The maximum atomic E-state index is 4.75. The van der Waals surface area contributed by atoms with Crippen LogP contribution in [-0.2, 0) is 13.0 Å². The third-order valence-corrected chi connectivity index (χ3v) is 3.35. The Morgan fingerprint density at radius 1 is 1.19 bits per heavy atom.